The number of esters is 2. The highest BCUT2D eigenvalue weighted by atomic mass is 16.6. The molecule has 0 fully saturated rings. The lowest BCUT2D eigenvalue weighted by molar-refractivity contribution is -0.161. The Bertz CT molecular complexity index is 613. The Hall–Kier alpha value is -1.62. The van der Waals surface area contributed by atoms with E-state index in [1.165, 1.54) is 89.9 Å². The number of ether oxygens (including phenoxy) is 2. The lowest BCUT2D eigenvalue weighted by Gasteiger charge is -2.15. The van der Waals surface area contributed by atoms with Gasteiger partial charge < -0.3 is 14.6 Å². The zero-order valence-corrected chi connectivity index (χ0v) is 26.4. The van der Waals surface area contributed by atoms with E-state index in [0.717, 1.165) is 51.4 Å². The van der Waals surface area contributed by atoms with Crippen molar-refractivity contribution in [3.8, 4) is 0 Å². The summed E-state index contributed by atoms with van der Waals surface area (Å²) in [7, 11) is 0. The minimum Gasteiger partial charge on any atom is -0.462 e. The van der Waals surface area contributed by atoms with Crippen LogP contribution in [0.25, 0.3) is 0 Å². The van der Waals surface area contributed by atoms with Crippen molar-refractivity contribution in [2.75, 3.05) is 13.2 Å². The number of hydrogen-bond donors (Lipinski definition) is 1. The molecule has 0 aliphatic heterocycles. The number of hydrogen-bond acceptors (Lipinski definition) is 5. The van der Waals surface area contributed by atoms with Crippen LogP contribution in [0.2, 0.25) is 0 Å². The van der Waals surface area contributed by atoms with Gasteiger partial charge in [0.15, 0.2) is 6.10 Å². The molecule has 5 heteroatoms. The van der Waals surface area contributed by atoms with Gasteiger partial charge in [-0.3, -0.25) is 9.59 Å². The van der Waals surface area contributed by atoms with Crippen molar-refractivity contribution in [3.05, 3.63) is 24.3 Å². The summed E-state index contributed by atoms with van der Waals surface area (Å²) >= 11 is 0. The summed E-state index contributed by atoms with van der Waals surface area (Å²) in [5.41, 5.74) is 0. The maximum atomic E-state index is 12.1. The summed E-state index contributed by atoms with van der Waals surface area (Å²) in [6, 6.07) is 0. The van der Waals surface area contributed by atoms with Gasteiger partial charge in [0.25, 0.3) is 0 Å². The van der Waals surface area contributed by atoms with Crippen molar-refractivity contribution in [1.29, 1.82) is 0 Å². The van der Waals surface area contributed by atoms with Crippen LogP contribution in [0.1, 0.15) is 168 Å². The number of carbonyl (C=O) groups excluding carboxylic acids is 2. The van der Waals surface area contributed by atoms with E-state index >= 15 is 0 Å². The predicted octanol–water partition coefficient (Wildman–Crippen LogP) is 9.95. The highest BCUT2D eigenvalue weighted by Gasteiger charge is 2.16. The molecule has 5 nitrogen and oxygen atoms in total. The Kier molecular flexibility index (Phi) is 30.6. The maximum Gasteiger partial charge on any atom is 0.306 e. The minimum atomic E-state index is -0.770. The molecule has 1 N–H and O–H groups in total. The standard InChI is InChI=1S/C35H64O5/c1-3-5-7-9-11-13-15-16-17-18-20-21-23-25-27-29-34(37)39-32-33(31-36)40-35(38)30-28-26-24-22-19-14-12-10-8-6-4-2/h11,13,16-17,33,36H,3-10,12,14-15,18-32H2,1-2H3/t33-/m0/s1. The number of allylic oxidation sites excluding steroid dienone is 4. The van der Waals surface area contributed by atoms with Gasteiger partial charge in [-0.25, -0.2) is 0 Å². The van der Waals surface area contributed by atoms with E-state index in [9.17, 15) is 14.7 Å². The minimum absolute atomic E-state index is 0.0698. The maximum absolute atomic E-state index is 12.1. The van der Waals surface area contributed by atoms with E-state index in [1.807, 2.05) is 0 Å². The third-order valence-electron chi connectivity index (χ3n) is 7.25. The largest absolute Gasteiger partial charge is 0.462 e. The zero-order valence-electron chi connectivity index (χ0n) is 26.4. The van der Waals surface area contributed by atoms with Crippen LogP contribution in [-0.2, 0) is 19.1 Å². The van der Waals surface area contributed by atoms with E-state index in [0.29, 0.717) is 12.8 Å². The van der Waals surface area contributed by atoms with Crippen molar-refractivity contribution in [3.63, 3.8) is 0 Å². The molecule has 40 heavy (non-hydrogen) atoms. The second kappa shape index (κ2) is 31.9. The average Bonchev–Trinajstić information content (AvgIpc) is 2.96. The van der Waals surface area contributed by atoms with Crippen molar-refractivity contribution < 1.29 is 24.2 Å². The molecule has 0 radical (unpaired) electrons. The van der Waals surface area contributed by atoms with Crippen LogP contribution >= 0.6 is 0 Å². The fourth-order valence-electron chi connectivity index (χ4n) is 4.64. The lowest BCUT2D eigenvalue weighted by Crippen LogP contribution is -2.28. The second-order valence-electron chi connectivity index (χ2n) is 11.2. The molecule has 0 aromatic carbocycles. The molecule has 0 rings (SSSR count). The monoisotopic (exact) mass is 564 g/mol. The summed E-state index contributed by atoms with van der Waals surface area (Å²) < 4.78 is 10.5. The normalized spacial score (nSPS) is 12.4. The Morgan fingerprint density at radius 1 is 0.575 bits per heavy atom. The smallest absolute Gasteiger partial charge is 0.306 e. The number of aliphatic hydroxyl groups excluding tert-OH is 1. The van der Waals surface area contributed by atoms with Crippen LogP contribution in [0.5, 0.6) is 0 Å². The second-order valence-corrected chi connectivity index (χ2v) is 11.2. The fraction of sp³-hybridized carbons (Fsp3) is 0.829. The molecule has 234 valence electrons. The first kappa shape index (κ1) is 38.4. The van der Waals surface area contributed by atoms with Gasteiger partial charge in [0.05, 0.1) is 6.61 Å². The van der Waals surface area contributed by atoms with Crippen molar-refractivity contribution >= 4 is 11.9 Å². The summed E-state index contributed by atoms with van der Waals surface area (Å²) in [5, 5.41) is 9.49. The fourth-order valence-corrected chi connectivity index (χ4v) is 4.64. The Balaban J connectivity index is 3.60. The Labute approximate surface area is 247 Å². The van der Waals surface area contributed by atoms with E-state index in [1.54, 1.807) is 0 Å². The molecule has 0 aliphatic carbocycles. The molecule has 0 aliphatic rings. The van der Waals surface area contributed by atoms with Gasteiger partial charge in [0, 0.05) is 12.8 Å². The molecule has 0 unspecified atom stereocenters. The molecular formula is C35H64O5. The number of carbonyl (C=O) groups is 2. The Morgan fingerprint density at radius 3 is 1.52 bits per heavy atom. The van der Waals surface area contributed by atoms with Crippen molar-refractivity contribution in [2.45, 2.75) is 174 Å². The number of unbranched alkanes of at least 4 members (excludes halogenated alkanes) is 18. The molecule has 1 atom stereocenters. The van der Waals surface area contributed by atoms with Crippen molar-refractivity contribution in [2.24, 2.45) is 0 Å². The van der Waals surface area contributed by atoms with E-state index < -0.39 is 6.10 Å². The molecule has 0 aromatic rings. The highest BCUT2D eigenvalue weighted by Crippen LogP contribution is 2.13. The molecule has 0 spiro atoms. The first-order chi connectivity index (χ1) is 19.6. The summed E-state index contributed by atoms with van der Waals surface area (Å²) in [4.78, 5) is 24.1. The topological polar surface area (TPSA) is 72.8 Å². The van der Waals surface area contributed by atoms with Gasteiger partial charge >= 0.3 is 11.9 Å². The van der Waals surface area contributed by atoms with Crippen LogP contribution in [0, 0.1) is 0 Å². The molecule has 0 bridgehead atoms. The van der Waals surface area contributed by atoms with E-state index in [4.69, 9.17) is 9.47 Å². The zero-order chi connectivity index (χ0) is 29.4. The quantitative estimate of drug-likeness (QED) is 0.0534. The lowest BCUT2D eigenvalue weighted by atomic mass is 10.1. The van der Waals surface area contributed by atoms with Crippen LogP contribution in [-0.4, -0.2) is 36.4 Å². The molecular weight excluding hydrogens is 500 g/mol. The third-order valence-corrected chi connectivity index (χ3v) is 7.25. The van der Waals surface area contributed by atoms with Gasteiger partial charge in [-0.15, -0.1) is 0 Å². The number of aliphatic hydroxyl groups is 1. The van der Waals surface area contributed by atoms with Crippen molar-refractivity contribution in [1.82, 2.24) is 0 Å². The Morgan fingerprint density at radius 2 is 1.00 bits per heavy atom. The molecule has 0 aromatic heterocycles. The summed E-state index contributed by atoms with van der Waals surface area (Å²) in [5.74, 6) is -0.606. The summed E-state index contributed by atoms with van der Waals surface area (Å²) in [6.07, 6.45) is 35.1. The van der Waals surface area contributed by atoms with Gasteiger partial charge in [0.1, 0.15) is 6.61 Å². The molecule has 0 saturated heterocycles. The van der Waals surface area contributed by atoms with Gasteiger partial charge in [-0.1, -0.05) is 134 Å². The molecule has 0 heterocycles. The van der Waals surface area contributed by atoms with Gasteiger partial charge in [0.2, 0.25) is 0 Å². The summed E-state index contributed by atoms with van der Waals surface area (Å²) in [6.45, 7) is 4.08. The first-order valence-electron chi connectivity index (χ1n) is 16.9. The first-order valence-corrected chi connectivity index (χ1v) is 16.9. The van der Waals surface area contributed by atoms with Crippen LogP contribution in [0.15, 0.2) is 24.3 Å². The third kappa shape index (κ3) is 29.4. The van der Waals surface area contributed by atoms with Crippen LogP contribution in [0.4, 0.5) is 0 Å². The van der Waals surface area contributed by atoms with Crippen LogP contribution < -0.4 is 0 Å². The predicted molar refractivity (Wildman–Crippen MR) is 168 cm³/mol. The van der Waals surface area contributed by atoms with Crippen LogP contribution in [0.3, 0.4) is 0 Å². The number of rotatable bonds is 30. The average molecular weight is 565 g/mol. The van der Waals surface area contributed by atoms with Gasteiger partial charge in [-0.2, -0.15) is 0 Å². The SMILES string of the molecule is CCCCCC=CCC=CCCCCCCCC(=O)OC[C@H](CO)OC(=O)CCCCCCCCCCCCC. The molecule has 0 amide bonds. The van der Waals surface area contributed by atoms with E-state index in [2.05, 4.69) is 38.2 Å². The highest BCUT2D eigenvalue weighted by molar-refractivity contribution is 5.70. The van der Waals surface area contributed by atoms with Gasteiger partial charge in [-0.05, 0) is 44.9 Å². The molecule has 0 saturated carbocycles. The van der Waals surface area contributed by atoms with E-state index in [-0.39, 0.29) is 25.2 Å².